The Morgan fingerprint density at radius 2 is 1.88 bits per heavy atom. The van der Waals surface area contributed by atoms with Gasteiger partial charge in [0, 0.05) is 18.7 Å². The molecule has 1 amide bonds. The van der Waals surface area contributed by atoms with Crippen LogP contribution < -0.4 is 0 Å². The van der Waals surface area contributed by atoms with Gasteiger partial charge in [-0.05, 0) is 43.2 Å². The molecule has 5 nitrogen and oxygen atoms in total. The number of carbonyl (C=O) groups is 1. The van der Waals surface area contributed by atoms with Crippen LogP contribution in [0.2, 0.25) is 0 Å². The summed E-state index contributed by atoms with van der Waals surface area (Å²) in [6.45, 7) is 1.27. The summed E-state index contributed by atoms with van der Waals surface area (Å²) in [5.41, 5.74) is 2.31. The number of fused-ring (bicyclic) bond motifs is 1. The van der Waals surface area contributed by atoms with Crippen LogP contribution in [0.4, 0.5) is 4.39 Å². The van der Waals surface area contributed by atoms with Crippen LogP contribution >= 0.6 is 0 Å². The van der Waals surface area contributed by atoms with Crippen LogP contribution in [-0.4, -0.2) is 38.9 Å². The van der Waals surface area contributed by atoms with Gasteiger partial charge < -0.3 is 4.90 Å². The molecule has 6 heteroatoms. The molecule has 0 N–H and O–H groups in total. The van der Waals surface area contributed by atoms with E-state index in [4.69, 9.17) is 0 Å². The zero-order chi connectivity index (χ0) is 16.5. The summed E-state index contributed by atoms with van der Waals surface area (Å²) in [5.74, 6) is -0.499. The third-order valence-electron chi connectivity index (χ3n) is 4.55. The highest BCUT2D eigenvalue weighted by molar-refractivity contribution is 5.94. The average molecular weight is 324 g/mol. The van der Waals surface area contributed by atoms with Gasteiger partial charge in [-0.25, -0.2) is 9.07 Å². The summed E-state index contributed by atoms with van der Waals surface area (Å²) in [4.78, 5) is 14.3. The summed E-state index contributed by atoms with van der Waals surface area (Å²) in [6, 6.07) is 14.0. The summed E-state index contributed by atoms with van der Waals surface area (Å²) in [7, 11) is 0. The molecule has 122 valence electrons. The van der Waals surface area contributed by atoms with Gasteiger partial charge in [-0.15, -0.1) is 5.10 Å². The van der Waals surface area contributed by atoms with Crippen molar-refractivity contribution in [1.82, 2.24) is 19.9 Å². The van der Waals surface area contributed by atoms with Crippen molar-refractivity contribution in [2.24, 2.45) is 0 Å². The second kappa shape index (κ2) is 6.03. The number of carbonyl (C=O) groups excluding carboxylic acids is 1. The molecule has 4 rings (SSSR count). The molecule has 0 radical (unpaired) electrons. The van der Waals surface area contributed by atoms with Crippen molar-refractivity contribution in [1.29, 1.82) is 0 Å². The van der Waals surface area contributed by atoms with Crippen molar-refractivity contribution in [2.45, 2.75) is 18.9 Å². The predicted octanol–water partition coefficient (Wildman–Crippen LogP) is 3.05. The molecule has 1 fully saturated rings. The molecule has 1 aromatic heterocycles. The van der Waals surface area contributed by atoms with E-state index in [1.54, 1.807) is 17.0 Å². The summed E-state index contributed by atoms with van der Waals surface area (Å²) in [6.07, 6.45) is 1.63. The Labute approximate surface area is 138 Å². The molecule has 0 bridgehead atoms. The molecule has 3 aromatic rings. The van der Waals surface area contributed by atoms with E-state index in [2.05, 4.69) is 10.3 Å². The molecule has 2 aromatic carbocycles. The maximum Gasteiger partial charge on any atom is 0.253 e. The maximum absolute atomic E-state index is 13.3. The molecule has 24 heavy (non-hydrogen) atoms. The lowest BCUT2D eigenvalue weighted by Gasteiger charge is -2.32. The third-order valence-corrected chi connectivity index (χ3v) is 4.55. The molecular weight excluding hydrogens is 307 g/mol. The predicted molar refractivity (Wildman–Crippen MR) is 88.1 cm³/mol. The Morgan fingerprint density at radius 1 is 1.08 bits per heavy atom. The first-order valence-corrected chi connectivity index (χ1v) is 8.07. The first-order chi connectivity index (χ1) is 11.7. The fraction of sp³-hybridized carbons (Fsp3) is 0.278. The number of hydrogen-bond acceptors (Lipinski definition) is 3. The Morgan fingerprint density at radius 3 is 2.67 bits per heavy atom. The molecular formula is C18H17FN4O. The molecule has 0 unspecified atom stereocenters. The second-order valence-corrected chi connectivity index (χ2v) is 6.06. The molecule has 1 aliphatic heterocycles. The Kier molecular flexibility index (Phi) is 3.72. The Bertz CT molecular complexity index is 883. The van der Waals surface area contributed by atoms with Crippen LogP contribution in [0.3, 0.4) is 0 Å². The minimum Gasteiger partial charge on any atom is -0.338 e. The highest BCUT2D eigenvalue weighted by Crippen LogP contribution is 2.26. The van der Waals surface area contributed by atoms with Gasteiger partial charge in [0.1, 0.15) is 11.3 Å². The van der Waals surface area contributed by atoms with E-state index >= 15 is 0 Å². The number of aromatic nitrogens is 3. The van der Waals surface area contributed by atoms with Crippen molar-refractivity contribution in [3.8, 4) is 0 Å². The van der Waals surface area contributed by atoms with Gasteiger partial charge in [0.05, 0.1) is 11.6 Å². The summed E-state index contributed by atoms with van der Waals surface area (Å²) >= 11 is 0. The van der Waals surface area contributed by atoms with Gasteiger partial charge in [0.25, 0.3) is 5.91 Å². The van der Waals surface area contributed by atoms with E-state index in [0.717, 1.165) is 23.9 Å². The number of para-hydroxylation sites is 1. The van der Waals surface area contributed by atoms with E-state index < -0.39 is 0 Å². The van der Waals surface area contributed by atoms with Crippen molar-refractivity contribution in [3.63, 3.8) is 0 Å². The Hall–Kier alpha value is -2.76. The molecule has 2 heterocycles. The number of hydrogen-bond donors (Lipinski definition) is 0. The van der Waals surface area contributed by atoms with Crippen LogP contribution in [0, 0.1) is 5.82 Å². The van der Waals surface area contributed by atoms with E-state index in [9.17, 15) is 9.18 Å². The van der Waals surface area contributed by atoms with E-state index in [-0.39, 0.29) is 17.8 Å². The molecule has 1 saturated heterocycles. The van der Waals surface area contributed by atoms with Gasteiger partial charge in [0.15, 0.2) is 0 Å². The number of likely N-dealkylation sites (tertiary alicyclic amines) is 1. The van der Waals surface area contributed by atoms with Crippen LogP contribution in [-0.2, 0) is 0 Å². The lowest BCUT2D eigenvalue weighted by atomic mass is 10.0. The number of piperidine rings is 1. The smallest absolute Gasteiger partial charge is 0.253 e. The molecule has 0 saturated carbocycles. The number of halogens is 1. The second-order valence-electron chi connectivity index (χ2n) is 6.06. The van der Waals surface area contributed by atoms with Crippen LogP contribution in [0.5, 0.6) is 0 Å². The van der Waals surface area contributed by atoms with Crippen molar-refractivity contribution < 1.29 is 9.18 Å². The number of benzene rings is 2. The van der Waals surface area contributed by atoms with E-state index in [1.165, 1.54) is 12.1 Å². The first kappa shape index (κ1) is 14.8. The molecule has 1 aliphatic rings. The van der Waals surface area contributed by atoms with Gasteiger partial charge in [0.2, 0.25) is 0 Å². The highest BCUT2D eigenvalue weighted by Gasteiger charge is 2.26. The SMILES string of the molecule is O=C(c1cccc(F)c1)N1CCC(n2nnc3ccccc32)CC1. The molecule has 0 spiro atoms. The zero-order valence-electron chi connectivity index (χ0n) is 13.1. The normalized spacial score (nSPS) is 15.8. The quantitative estimate of drug-likeness (QED) is 0.728. The van der Waals surface area contributed by atoms with Crippen molar-refractivity contribution >= 4 is 16.9 Å². The van der Waals surface area contributed by atoms with Crippen LogP contribution in [0.15, 0.2) is 48.5 Å². The van der Waals surface area contributed by atoms with E-state index in [0.29, 0.717) is 18.7 Å². The minimum absolute atomic E-state index is 0.114. The largest absolute Gasteiger partial charge is 0.338 e. The standard InChI is InChI=1S/C18H17FN4O/c19-14-5-3-4-13(12-14)18(24)22-10-8-15(9-11-22)23-17-7-2-1-6-16(17)20-21-23/h1-7,12,15H,8-11H2. The van der Waals surface area contributed by atoms with Crippen molar-refractivity contribution in [3.05, 3.63) is 59.9 Å². The van der Waals surface area contributed by atoms with Gasteiger partial charge >= 0.3 is 0 Å². The zero-order valence-corrected chi connectivity index (χ0v) is 13.1. The summed E-state index contributed by atoms with van der Waals surface area (Å²) < 4.78 is 15.3. The maximum atomic E-state index is 13.3. The number of rotatable bonds is 2. The van der Waals surface area contributed by atoms with Gasteiger partial charge in [-0.3, -0.25) is 4.79 Å². The van der Waals surface area contributed by atoms with Crippen LogP contribution in [0.1, 0.15) is 29.2 Å². The minimum atomic E-state index is -0.384. The fourth-order valence-electron chi connectivity index (χ4n) is 3.27. The lowest BCUT2D eigenvalue weighted by molar-refractivity contribution is 0.0690. The van der Waals surface area contributed by atoms with Gasteiger partial charge in [-0.2, -0.15) is 0 Å². The van der Waals surface area contributed by atoms with E-state index in [1.807, 2.05) is 28.9 Å². The topological polar surface area (TPSA) is 51.0 Å². The lowest BCUT2D eigenvalue weighted by Crippen LogP contribution is -2.39. The molecule has 0 atom stereocenters. The number of amides is 1. The molecule has 0 aliphatic carbocycles. The number of nitrogens with zero attached hydrogens (tertiary/aromatic N) is 4. The van der Waals surface area contributed by atoms with Crippen LogP contribution in [0.25, 0.3) is 11.0 Å². The first-order valence-electron chi connectivity index (χ1n) is 8.07. The Balaban J connectivity index is 1.48. The van der Waals surface area contributed by atoms with Gasteiger partial charge in [-0.1, -0.05) is 23.4 Å². The fourth-order valence-corrected chi connectivity index (χ4v) is 3.27. The highest BCUT2D eigenvalue weighted by atomic mass is 19.1. The summed E-state index contributed by atoms with van der Waals surface area (Å²) in [5, 5.41) is 8.47. The third kappa shape index (κ3) is 2.64. The van der Waals surface area contributed by atoms with Crippen molar-refractivity contribution in [2.75, 3.05) is 13.1 Å². The monoisotopic (exact) mass is 324 g/mol. The average Bonchev–Trinajstić information content (AvgIpc) is 3.05.